The van der Waals surface area contributed by atoms with Gasteiger partial charge in [-0.05, 0) is 18.6 Å². The summed E-state index contributed by atoms with van der Waals surface area (Å²) in [7, 11) is 0. The van der Waals surface area contributed by atoms with Crippen LogP contribution in [-0.4, -0.2) is 42.9 Å². The molecule has 116 valence electrons. The molecule has 1 aliphatic rings. The minimum absolute atomic E-state index is 0.483. The van der Waals surface area contributed by atoms with E-state index in [1.807, 2.05) is 35.0 Å². The third-order valence-electron chi connectivity index (χ3n) is 4.49. The molecule has 4 rings (SSSR count). The quantitative estimate of drug-likeness (QED) is 0.753. The van der Waals surface area contributed by atoms with Crippen LogP contribution < -0.4 is 0 Å². The van der Waals surface area contributed by atoms with Crippen LogP contribution in [0, 0.1) is 11.3 Å². The summed E-state index contributed by atoms with van der Waals surface area (Å²) in [5, 5.41) is 30.5. The van der Waals surface area contributed by atoms with E-state index >= 15 is 0 Å². The Morgan fingerprint density at radius 1 is 1.43 bits per heavy atom. The predicted molar refractivity (Wildman–Crippen MR) is 82.3 cm³/mol. The number of hydrogen-bond donors (Lipinski definition) is 2. The SMILES string of the molecule is N#Cc1c(CN2CC[C@@](O)(c3cn[nH]n3)C2)cn2ccccc12. The molecule has 2 N–H and O–H groups in total. The zero-order chi connectivity index (χ0) is 15.9. The number of aromatic nitrogens is 4. The van der Waals surface area contributed by atoms with Crippen molar-refractivity contribution in [2.45, 2.75) is 18.6 Å². The average Bonchev–Trinajstić information content (AvgIpc) is 3.26. The van der Waals surface area contributed by atoms with Gasteiger partial charge in [-0.15, -0.1) is 0 Å². The Morgan fingerprint density at radius 2 is 2.35 bits per heavy atom. The Bertz CT molecular complexity index is 878. The molecule has 0 aromatic carbocycles. The van der Waals surface area contributed by atoms with E-state index in [1.165, 1.54) is 0 Å². The Balaban J connectivity index is 1.59. The number of likely N-dealkylation sites (tertiary alicyclic amines) is 1. The fraction of sp³-hybridized carbons (Fsp3) is 0.312. The van der Waals surface area contributed by atoms with E-state index < -0.39 is 5.60 Å². The summed E-state index contributed by atoms with van der Waals surface area (Å²) >= 11 is 0. The Labute approximate surface area is 132 Å². The Hall–Kier alpha value is -2.69. The van der Waals surface area contributed by atoms with Gasteiger partial charge in [-0.25, -0.2) is 0 Å². The lowest BCUT2D eigenvalue weighted by molar-refractivity contribution is 0.0408. The molecular weight excluding hydrogens is 292 g/mol. The van der Waals surface area contributed by atoms with E-state index in [-0.39, 0.29) is 0 Å². The van der Waals surface area contributed by atoms with Crippen LogP contribution >= 0.6 is 0 Å². The van der Waals surface area contributed by atoms with Gasteiger partial charge in [-0.1, -0.05) is 6.07 Å². The minimum atomic E-state index is -0.973. The van der Waals surface area contributed by atoms with Gasteiger partial charge in [-0.3, -0.25) is 4.90 Å². The summed E-state index contributed by atoms with van der Waals surface area (Å²) in [5.74, 6) is 0. The summed E-state index contributed by atoms with van der Waals surface area (Å²) in [4.78, 5) is 2.14. The lowest BCUT2D eigenvalue weighted by Gasteiger charge is -2.20. The fourth-order valence-electron chi connectivity index (χ4n) is 3.31. The molecule has 7 nitrogen and oxygen atoms in total. The summed E-state index contributed by atoms with van der Waals surface area (Å²) in [6.45, 7) is 1.86. The molecule has 0 amide bonds. The van der Waals surface area contributed by atoms with Gasteiger partial charge >= 0.3 is 0 Å². The average molecular weight is 308 g/mol. The highest BCUT2D eigenvalue weighted by Gasteiger charge is 2.39. The molecule has 0 bridgehead atoms. The van der Waals surface area contributed by atoms with Gasteiger partial charge < -0.3 is 9.51 Å². The number of fused-ring (bicyclic) bond motifs is 1. The first-order valence-electron chi connectivity index (χ1n) is 7.49. The van der Waals surface area contributed by atoms with Crippen molar-refractivity contribution in [3.8, 4) is 6.07 Å². The number of H-pyrrole nitrogens is 1. The molecule has 1 atom stereocenters. The second-order valence-corrected chi connectivity index (χ2v) is 5.98. The van der Waals surface area contributed by atoms with Crippen LogP contribution in [0.25, 0.3) is 5.52 Å². The zero-order valence-electron chi connectivity index (χ0n) is 12.5. The highest BCUT2D eigenvalue weighted by Crippen LogP contribution is 2.31. The Kier molecular flexibility index (Phi) is 3.15. The molecule has 0 spiro atoms. The van der Waals surface area contributed by atoms with Crippen LogP contribution in [-0.2, 0) is 12.1 Å². The van der Waals surface area contributed by atoms with Gasteiger partial charge in [0.1, 0.15) is 17.4 Å². The second-order valence-electron chi connectivity index (χ2n) is 5.98. The maximum atomic E-state index is 10.7. The van der Waals surface area contributed by atoms with Gasteiger partial charge in [-0.2, -0.15) is 20.7 Å². The number of rotatable bonds is 3. The molecule has 1 saturated heterocycles. The molecule has 23 heavy (non-hydrogen) atoms. The van der Waals surface area contributed by atoms with Crippen LogP contribution in [0.2, 0.25) is 0 Å². The van der Waals surface area contributed by atoms with Crippen LogP contribution in [0.15, 0.2) is 36.8 Å². The van der Waals surface area contributed by atoms with Gasteiger partial charge in [0.05, 0.1) is 17.3 Å². The van der Waals surface area contributed by atoms with Crippen LogP contribution in [0.5, 0.6) is 0 Å². The predicted octanol–water partition coefficient (Wildman–Crippen LogP) is 1.02. The largest absolute Gasteiger partial charge is 0.382 e. The molecule has 0 aliphatic carbocycles. The second kappa shape index (κ2) is 5.19. The molecule has 1 aliphatic heterocycles. The van der Waals surface area contributed by atoms with E-state index in [1.54, 1.807) is 6.20 Å². The van der Waals surface area contributed by atoms with E-state index in [0.29, 0.717) is 30.8 Å². The van der Waals surface area contributed by atoms with Gasteiger partial charge in [0, 0.05) is 37.6 Å². The highest BCUT2D eigenvalue weighted by atomic mass is 16.3. The molecular formula is C16H16N6O. The van der Waals surface area contributed by atoms with Crippen LogP contribution in [0.1, 0.15) is 23.2 Å². The number of pyridine rings is 1. The topological polar surface area (TPSA) is 93.2 Å². The first-order chi connectivity index (χ1) is 11.2. The number of nitrogens with zero attached hydrogens (tertiary/aromatic N) is 5. The minimum Gasteiger partial charge on any atom is -0.382 e. The van der Waals surface area contributed by atoms with Crippen molar-refractivity contribution in [3.63, 3.8) is 0 Å². The normalized spacial score (nSPS) is 21.7. The zero-order valence-corrected chi connectivity index (χ0v) is 12.5. The highest BCUT2D eigenvalue weighted by molar-refractivity contribution is 5.65. The summed E-state index contributed by atoms with van der Waals surface area (Å²) in [6, 6.07) is 8.12. The van der Waals surface area contributed by atoms with Crippen molar-refractivity contribution in [1.29, 1.82) is 5.26 Å². The maximum Gasteiger partial charge on any atom is 0.124 e. The van der Waals surface area contributed by atoms with E-state index in [0.717, 1.165) is 17.6 Å². The smallest absolute Gasteiger partial charge is 0.124 e. The first-order valence-corrected chi connectivity index (χ1v) is 7.49. The van der Waals surface area contributed by atoms with Crippen molar-refractivity contribution in [2.75, 3.05) is 13.1 Å². The summed E-state index contributed by atoms with van der Waals surface area (Å²) < 4.78 is 1.97. The molecule has 1 fully saturated rings. The van der Waals surface area contributed by atoms with E-state index in [2.05, 4.69) is 26.4 Å². The van der Waals surface area contributed by atoms with Crippen molar-refractivity contribution in [3.05, 3.63) is 53.6 Å². The molecule has 7 heteroatoms. The standard InChI is InChI=1S/C16H16N6O/c17-7-13-12(10-22-5-2-1-3-14(13)22)9-21-6-4-16(23,11-21)15-8-18-20-19-15/h1-3,5,8,10,23H,4,6,9,11H2,(H,18,19,20)/t16-/m0/s1. The van der Waals surface area contributed by atoms with Crippen molar-refractivity contribution >= 4 is 5.52 Å². The molecule has 0 radical (unpaired) electrons. The monoisotopic (exact) mass is 308 g/mol. The summed E-state index contributed by atoms with van der Waals surface area (Å²) in [6.07, 6.45) is 6.10. The molecule has 3 aromatic rings. The lowest BCUT2D eigenvalue weighted by Crippen LogP contribution is -2.31. The molecule has 0 unspecified atom stereocenters. The van der Waals surface area contributed by atoms with Gasteiger partial charge in [0.25, 0.3) is 0 Å². The number of aromatic amines is 1. The van der Waals surface area contributed by atoms with Crippen molar-refractivity contribution < 1.29 is 5.11 Å². The number of nitriles is 1. The van der Waals surface area contributed by atoms with Gasteiger partial charge in [0.15, 0.2) is 0 Å². The van der Waals surface area contributed by atoms with E-state index in [4.69, 9.17) is 0 Å². The van der Waals surface area contributed by atoms with Crippen LogP contribution in [0.3, 0.4) is 0 Å². The van der Waals surface area contributed by atoms with Crippen LogP contribution in [0.4, 0.5) is 0 Å². The van der Waals surface area contributed by atoms with Crippen molar-refractivity contribution in [1.82, 2.24) is 24.7 Å². The fourth-order valence-corrected chi connectivity index (χ4v) is 3.31. The molecule has 3 aromatic heterocycles. The lowest BCUT2D eigenvalue weighted by atomic mass is 10.00. The first kappa shape index (κ1) is 13.9. The number of hydrogen-bond acceptors (Lipinski definition) is 5. The molecule has 4 heterocycles. The number of β-amino-alcohol motifs (C(OH)–C–C–N with tert-alkyl or cyclic N) is 1. The van der Waals surface area contributed by atoms with E-state index in [9.17, 15) is 10.4 Å². The maximum absolute atomic E-state index is 10.7. The third kappa shape index (κ3) is 2.29. The number of nitrogens with one attached hydrogen (secondary N) is 1. The van der Waals surface area contributed by atoms with Gasteiger partial charge in [0.2, 0.25) is 0 Å². The third-order valence-corrected chi connectivity index (χ3v) is 4.49. The molecule has 0 saturated carbocycles. The summed E-state index contributed by atoms with van der Waals surface area (Å²) in [5.41, 5.74) is 2.18. The van der Waals surface area contributed by atoms with Crippen molar-refractivity contribution in [2.24, 2.45) is 0 Å². The number of aliphatic hydroxyl groups is 1. The Morgan fingerprint density at radius 3 is 3.13 bits per heavy atom.